The normalized spacial score (nSPS) is 14.2. The zero-order chi connectivity index (χ0) is 37.7. The molecule has 2 atom stereocenters. The van der Waals surface area contributed by atoms with E-state index in [4.69, 9.17) is 19.3 Å². The molecule has 0 aliphatic rings. The maximum absolute atomic E-state index is 12.4. The van der Waals surface area contributed by atoms with Gasteiger partial charge >= 0.3 is 19.8 Å². The Bertz CT molecular complexity index is 1160. The first-order valence-electron chi connectivity index (χ1n) is 18.6. The van der Waals surface area contributed by atoms with Crippen LogP contribution in [0.15, 0.2) is 97.2 Å². The van der Waals surface area contributed by atoms with Crippen molar-refractivity contribution in [3.8, 4) is 0 Å². The SMILES string of the molecule is CC/C=C\C/C=C\C/C=C\C/C=C\C/C=C\CCCC(=O)OC[C@H](COP(=O)(O)O)OC(=O)CCCCCCCC(O)/C=C/C=C/C/C=C/CC. The number of ether oxygens (including phenoxy) is 2. The van der Waals surface area contributed by atoms with Crippen LogP contribution in [0.1, 0.15) is 123 Å². The lowest BCUT2D eigenvalue weighted by molar-refractivity contribution is -0.161. The third-order valence-electron chi connectivity index (χ3n) is 7.20. The van der Waals surface area contributed by atoms with Gasteiger partial charge in [-0.3, -0.25) is 14.1 Å². The monoisotopic (exact) mass is 732 g/mol. The molecule has 3 N–H and O–H groups in total. The van der Waals surface area contributed by atoms with Gasteiger partial charge < -0.3 is 24.4 Å². The Kier molecular flexibility index (Phi) is 33.2. The van der Waals surface area contributed by atoms with Gasteiger partial charge in [-0.25, -0.2) is 4.57 Å². The smallest absolute Gasteiger partial charge is 0.462 e. The fraction of sp³-hybridized carbons (Fsp3) is 0.561. The van der Waals surface area contributed by atoms with Crippen LogP contribution in [0.2, 0.25) is 0 Å². The number of aliphatic hydroxyl groups excluding tert-OH is 1. The number of hydrogen-bond acceptors (Lipinski definition) is 7. The second kappa shape index (κ2) is 35.3. The molecule has 0 aromatic carbocycles. The lowest BCUT2D eigenvalue weighted by atomic mass is 10.1. The summed E-state index contributed by atoms with van der Waals surface area (Å²) in [5.41, 5.74) is 0. The molecule has 0 aromatic heterocycles. The van der Waals surface area contributed by atoms with Crippen LogP contribution in [0.25, 0.3) is 0 Å². The van der Waals surface area contributed by atoms with Crippen LogP contribution in [0, 0.1) is 0 Å². The third kappa shape index (κ3) is 38.0. The van der Waals surface area contributed by atoms with Gasteiger partial charge in [0.2, 0.25) is 0 Å². The number of carbonyl (C=O) groups excluding carboxylic acids is 2. The van der Waals surface area contributed by atoms with E-state index in [-0.39, 0.29) is 19.4 Å². The first-order chi connectivity index (χ1) is 24.7. The highest BCUT2D eigenvalue weighted by Gasteiger charge is 2.22. The molecule has 0 saturated heterocycles. The van der Waals surface area contributed by atoms with Crippen LogP contribution < -0.4 is 0 Å². The van der Waals surface area contributed by atoms with E-state index in [0.717, 1.165) is 70.6 Å². The standard InChI is InChI=1S/C41H65O9P/c1-3-5-7-9-11-12-13-14-15-16-17-18-19-20-22-26-30-34-40(43)48-36-39(37-49-51(45,46)47)50-41(44)35-31-27-23-25-29-33-38(42)32-28-24-21-10-8-6-4-2/h5-8,11-12,14-15,17-18,20-22,24,28,32,38-39,42H,3-4,9-10,13,16,19,23,25-27,29-31,33-37H2,1-2H3,(H2,45,46,47)/b7-5-,8-6+,12-11-,15-14-,18-17-,22-20-,24-21+,32-28+/t38?,39-/m1/s1. The van der Waals surface area contributed by atoms with E-state index in [9.17, 15) is 19.3 Å². The minimum absolute atomic E-state index is 0.124. The van der Waals surface area contributed by atoms with Crippen LogP contribution in [-0.2, 0) is 28.2 Å². The van der Waals surface area contributed by atoms with Crippen LogP contribution in [0.4, 0.5) is 0 Å². The number of allylic oxidation sites excluding steroid dienone is 15. The highest BCUT2D eigenvalue weighted by Crippen LogP contribution is 2.35. The molecule has 0 heterocycles. The van der Waals surface area contributed by atoms with Crippen molar-refractivity contribution in [2.24, 2.45) is 0 Å². The summed E-state index contributed by atoms with van der Waals surface area (Å²) < 4.78 is 26.2. The van der Waals surface area contributed by atoms with Gasteiger partial charge in [0, 0.05) is 12.8 Å². The van der Waals surface area contributed by atoms with Crippen molar-refractivity contribution in [3.63, 3.8) is 0 Å². The molecular formula is C41H65O9P. The summed E-state index contributed by atoms with van der Waals surface area (Å²) in [6.45, 7) is 3.28. The first kappa shape index (κ1) is 47.9. The molecule has 0 aromatic rings. The number of hydrogen-bond donors (Lipinski definition) is 3. The van der Waals surface area contributed by atoms with Crippen molar-refractivity contribution < 1.29 is 43.0 Å². The van der Waals surface area contributed by atoms with E-state index >= 15 is 0 Å². The Hall–Kier alpha value is -3.07. The maximum atomic E-state index is 12.4. The quantitative estimate of drug-likeness (QED) is 0.0203. The summed E-state index contributed by atoms with van der Waals surface area (Å²) in [4.78, 5) is 42.7. The number of phosphoric ester groups is 1. The minimum atomic E-state index is -4.80. The first-order valence-corrected chi connectivity index (χ1v) is 20.2. The highest BCUT2D eigenvalue weighted by molar-refractivity contribution is 7.46. The van der Waals surface area contributed by atoms with Crippen molar-refractivity contribution in [3.05, 3.63) is 97.2 Å². The number of carbonyl (C=O) groups is 2. The zero-order valence-corrected chi connectivity index (χ0v) is 32.0. The minimum Gasteiger partial charge on any atom is -0.462 e. The van der Waals surface area contributed by atoms with Gasteiger partial charge in [-0.1, -0.05) is 137 Å². The molecule has 0 fully saturated rings. The van der Waals surface area contributed by atoms with Gasteiger partial charge in [0.05, 0.1) is 12.7 Å². The van der Waals surface area contributed by atoms with Gasteiger partial charge in [-0.05, 0) is 70.6 Å². The second-order valence-electron chi connectivity index (χ2n) is 12.0. The molecule has 0 radical (unpaired) electrons. The van der Waals surface area contributed by atoms with Crippen molar-refractivity contribution in [2.45, 2.75) is 135 Å². The Balaban J connectivity index is 4.19. The van der Waals surface area contributed by atoms with E-state index in [1.807, 2.05) is 30.4 Å². The summed E-state index contributed by atoms with van der Waals surface area (Å²) in [5.74, 6) is -1.04. The molecule has 0 saturated carbocycles. The summed E-state index contributed by atoms with van der Waals surface area (Å²) in [6.07, 6.45) is 44.4. The van der Waals surface area contributed by atoms with E-state index in [1.165, 1.54) is 0 Å². The fourth-order valence-electron chi connectivity index (χ4n) is 4.47. The topological polar surface area (TPSA) is 140 Å². The van der Waals surface area contributed by atoms with Gasteiger partial charge in [0.25, 0.3) is 0 Å². The Morgan fingerprint density at radius 2 is 1.12 bits per heavy atom. The number of phosphoric acid groups is 1. The average molecular weight is 733 g/mol. The molecule has 1 unspecified atom stereocenters. The number of esters is 2. The predicted octanol–water partition coefficient (Wildman–Crippen LogP) is 10.0. The Morgan fingerprint density at radius 1 is 0.608 bits per heavy atom. The average Bonchev–Trinajstić information content (AvgIpc) is 3.09. The third-order valence-corrected chi connectivity index (χ3v) is 7.69. The van der Waals surface area contributed by atoms with Crippen LogP contribution >= 0.6 is 7.82 Å². The largest absolute Gasteiger partial charge is 0.469 e. The zero-order valence-electron chi connectivity index (χ0n) is 31.1. The molecule has 10 heteroatoms. The molecule has 0 bridgehead atoms. The molecule has 0 aliphatic heterocycles. The van der Waals surface area contributed by atoms with Crippen molar-refractivity contribution in [1.29, 1.82) is 0 Å². The number of aliphatic hydroxyl groups is 1. The Morgan fingerprint density at radius 3 is 1.71 bits per heavy atom. The highest BCUT2D eigenvalue weighted by atomic mass is 31.2. The van der Waals surface area contributed by atoms with Crippen molar-refractivity contribution in [1.82, 2.24) is 0 Å². The van der Waals surface area contributed by atoms with E-state index in [0.29, 0.717) is 25.7 Å². The van der Waals surface area contributed by atoms with E-state index in [1.54, 1.807) is 6.08 Å². The van der Waals surface area contributed by atoms with Crippen LogP contribution in [0.5, 0.6) is 0 Å². The molecule has 0 aliphatic carbocycles. The van der Waals surface area contributed by atoms with Gasteiger partial charge in [0.1, 0.15) is 6.61 Å². The van der Waals surface area contributed by atoms with Crippen LogP contribution in [-0.4, -0.2) is 52.3 Å². The lowest BCUT2D eigenvalue weighted by Gasteiger charge is -2.18. The summed E-state index contributed by atoms with van der Waals surface area (Å²) >= 11 is 0. The summed E-state index contributed by atoms with van der Waals surface area (Å²) in [7, 11) is -4.80. The predicted molar refractivity (Wildman–Crippen MR) is 208 cm³/mol. The summed E-state index contributed by atoms with van der Waals surface area (Å²) in [6, 6.07) is 0. The van der Waals surface area contributed by atoms with Gasteiger partial charge in [-0.2, -0.15) is 0 Å². The number of rotatable bonds is 32. The van der Waals surface area contributed by atoms with Crippen molar-refractivity contribution in [2.75, 3.05) is 13.2 Å². The van der Waals surface area contributed by atoms with E-state index < -0.39 is 38.6 Å². The molecule has 51 heavy (non-hydrogen) atoms. The molecule has 288 valence electrons. The van der Waals surface area contributed by atoms with E-state index in [2.05, 4.69) is 79.1 Å². The lowest BCUT2D eigenvalue weighted by Crippen LogP contribution is -2.29. The Labute approximate surface area is 307 Å². The molecule has 0 spiro atoms. The van der Waals surface area contributed by atoms with Gasteiger partial charge in [-0.15, -0.1) is 0 Å². The molecule has 9 nitrogen and oxygen atoms in total. The summed E-state index contributed by atoms with van der Waals surface area (Å²) in [5, 5.41) is 10.1. The van der Waals surface area contributed by atoms with Crippen molar-refractivity contribution >= 4 is 19.8 Å². The molecule has 0 rings (SSSR count). The number of unbranched alkanes of at least 4 members (excludes halogenated alkanes) is 5. The maximum Gasteiger partial charge on any atom is 0.469 e. The molecular weight excluding hydrogens is 667 g/mol. The second-order valence-corrected chi connectivity index (χ2v) is 13.2. The fourth-order valence-corrected chi connectivity index (χ4v) is 4.83. The van der Waals surface area contributed by atoms with Gasteiger partial charge in [0.15, 0.2) is 6.10 Å². The van der Waals surface area contributed by atoms with Crippen LogP contribution in [0.3, 0.4) is 0 Å². The molecule has 0 amide bonds.